The first kappa shape index (κ1) is 24.5. The van der Waals surface area contributed by atoms with Crippen LogP contribution in [0.25, 0.3) is 0 Å². The summed E-state index contributed by atoms with van der Waals surface area (Å²) in [5.74, 6) is -4.39. The molecule has 0 fully saturated rings. The number of carboxylic acid groups (broad SMARTS) is 4. The maximum absolute atomic E-state index is 9.99. The summed E-state index contributed by atoms with van der Waals surface area (Å²) in [4.78, 5) is 39.7. The van der Waals surface area contributed by atoms with Crippen LogP contribution in [0.1, 0.15) is 25.7 Å². The molecule has 11 heteroatoms. The molecule has 0 bridgehead atoms. The van der Waals surface area contributed by atoms with Gasteiger partial charge in [-0.25, -0.2) is 0 Å². The topological polar surface area (TPSA) is 201 Å². The number of aliphatic carboxylic acids is 4. The molecule has 0 spiro atoms. The molecular weight excluding hydrogens is 383 g/mol. The van der Waals surface area contributed by atoms with Gasteiger partial charge in [0.25, 0.3) is 0 Å². The molecule has 0 saturated carbocycles. The van der Waals surface area contributed by atoms with E-state index in [2.05, 4.69) is 0 Å². The zero-order chi connectivity index (χ0) is 16.3. The minimum Gasteiger partial charge on any atom is -0.481 e. The minimum atomic E-state index is -1.17. The van der Waals surface area contributed by atoms with Gasteiger partial charge in [0.05, 0.1) is 0 Å². The number of hydrogen-bond acceptors (Lipinski definition) is 6. The Bertz CT molecular complexity index is 329. The Morgan fingerprint density at radius 2 is 0.952 bits per heavy atom. The van der Waals surface area contributed by atoms with E-state index in [1.165, 1.54) is 0 Å². The molecule has 0 aliphatic carbocycles. The largest absolute Gasteiger partial charge is 0.481 e. The number of hydrogen-bond donors (Lipinski definition) is 6. The average Bonchev–Trinajstić information content (AvgIpc) is 2.33. The van der Waals surface area contributed by atoms with Crippen LogP contribution in [-0.2, 0) is 39.6 Å². The summed E-state index contributed by atoms with van der Waals surface area (Å²) in [6.07, 6.45) is -0.448. The van der Waals surface area contributed by atoms with Crippen molar-refractivity contribution in [1.29, 1.82) is 0 Å². The van der Waals surface area contributed by atoms with Crippen molar-refractivity contribution in [1.82, 2.24) is 0 Å². The molecule has 0 unspecified atom stereocenters. The van der Waals surface area contributed by atoms with Crippen LogP contribution in [0.3, 0.4) is 0 Å². The second-order valence-electron chi connectivity index (χ2n) is 3.75. The van der Waals surface area contributed by atoms with E-state index >= 15 is 0 Å². The van der Waals surface area contributed by atoms with Gasteiger partial charge in [0.1, 0.15) is 12.1 Å². The number of carboxylic acids is 4. The number of carbonyl (C=O) groups is 4. The van der Waals surface area contributed by atoms with Crippen LogP contribution in [0.4, 0.5) is 0 Å². The van der Waals surface area contributed by atoms with Crippen LogP contribution < -0.4 is 11.5 Å². The van der Waals surface area contributed by atoms with Gasteiger partial charge < -0.3 is 31.9 Å². The summed E-state index contributed by atoms with van der Waals surface area (Å²) in [5, 5.41) is 32.5. The summed E-state index contributed by atoms with van der Waals surface area (Å²) >= 11 is 0. The maximum Gasteiger partial charge on any atom is 0.320 e. The molecule has 10 nitrogen and oxygen atoms in total. The SMILES string of the molecule is N[C@@H](CCC(=O)O)C(=O)O.N[C@@H](CCC(=O)O)C(=O)O.[Pd]. The number of nitrogens with two attached hydrogens (primary N) is 2. The Balaban J connectivity index is -0.000000295. The van der Waals surface area contributed by atoms with Crippen molar-refractivity contribution in [2.45, 2.75) is 37.8 Å². The van der Waals surface area contributed by atoms with Crippen LogP contribution in [0.5, 0.6) is 0 Å². The predicted octanol–water partition coefficient (Wildman–Crippen LogP) is -1.48. The first-order chi connectivity index (χ1) is 9.07. The van der Waals surface area contributed by atoms with Gasteiger partial charge >= 0.3 is 23.9 Å². The van der Waals surface area contributed by atoms with E-state index < -0.39 is 36.0 Å². The fraction of sp³-hybridized carbons (Fsp3) is 0.600. The third-order valence-corrected chi connectivity index (χ3v) is 1.97. The van der Waals surface area contributed by atoms with E-state index in [4.69, 9.17) is 31.9 Å². The quantitative estimate of drug-likeness (QED) is 0.261. The molecule has 2 atom stereocenters. The van der Waals surface area contributed by atoms with Crippen LogP contribution in [0.2, 0.25) is 0 Å². The first-order valence-corrected chi connectivity index (χ1v) is 5.48. The molecule has 0 aliphatic heterocycles. The molecular formula is C10H18N2O8Pd. The Labute approximate surface area is 133 Å². The zero-order valence-electron chi connectivity index (χ0n) is 10.9. The second-order valence-corrected chi connectivity index (χ2v) is 3.75. The predicted molar refractivity (Wildman–Crippen MR) is 65.0 cm³/mol. The maximum atomic E-state index is 9.99. The van der Waals surface area contributed by atoms with Gasteiger partial charge in [-0.3, -0.25) is 19.2 Å². The molecule has 0 aliphatic rings. The molecule has 0 radical (unpaired) electrons. The second kappa shape index (κ2) is 13.4. The van der Waals surface area contributed by atoms with Crippen molar-refractivity contribution in [2.24, 2.45) is 11.5 Å². The van der Waals surface area contributed by atoms with Crippen molar-refractivity contribution >= 4 is 23.9 Å². The van der Waals surface area contributed by atoms with E-state index in [9.17, 15) is 19.2 Å². The fourth-order valence-electron chi connectivity index (χ4n) is 0.805. The van der Waals surface area contributed by atoms with E-state index in [0.717, 1.165) is 0 Å². The summed E-state index contributed by atoms with van der Waals surface area (Å²) in [5.41, 5.74) is 10.0. The normalized spacial score (nSPS) is 11.9. The standard InChI is InChI=1S/2C5H9NO4.Pd/c2*6-3(5(9)10)1-2-4(7)8;/h2*3H,1-2,6H2,(H,7,8)(H,9,10);/t2*3-;/m00./s1. The molecule has 0 heterocycles. The van der Waals surface area contributed by atoms with Crippen molar-refractivity contribution in [3.8, 4) is 0 Å². The summed E-state index contributed by atoms with van der Waals surface area (Å²) in [6, 6.07) is -2.12. The molecule has 0 rings (SSSR count). The Kier molecular flexibility index (Phi) is 15.7. The average molecular weight is 401 g/mol. The van der Waals surface area contributed by atoms with Crippen molar-refractivity contribution in [3.05, 3.63) is 0 Å². The third-order valence-electron chi connectivity index (χ3n) is 1.97. The fourth-order valence-corrected chi connectivity index (χ4v) is 0.805. The van der Waals surface area contributed by atoms with Crippen molar-refractivity contribution in [3.63, 3.8) is 0 Å². The molecule has 0 saturated heterocycles. The van der Waals surface area contributed by atoms with E-state index in [-0.39, 0.29) is 46.1 Å². The van der Waals surface area contributed by atoms with Crippen LogP contribution in [0.15, 0.2) is 0 Å². The molecule has 126 valence electrons. The first-order valence-electron chi connectivity index (χ1n) is 5.48. The summed E-state index contributed by atoms with van der Waals surface area (Å²) < 4.78 is 0. The summed E-state index contributed by atoms with van der Waals surface area (Å²) in [6.45, 7) is 0. The molecule has 0 amide bonds. The van der Waals surface area contributed by atoms with E-state index in [1.54, 1.807) is 0 Å². The zero-order valence-corrected chi connectivity index (χ0v) is 12.4. The van der Waals surface area contributed by atoms with Gasteiger partial charge in [0.2, 0.25) is 0 Å². The van der Waals surface area contributed by atoms with Crippen LogP contribution >= 0.6 is 0 Å². The van der Waals surface area contributed by atoms with Crippen LogP contribution in [-0.4, -0.2) is 56.4 Å². The van der Waals surface area contributed by atoms with Crippen molar-refractivity contribution < 1.29 is 60.0 Å². The minimum absolute atomic E-state index is 0. The summed E-state index contributed by atoms with van der Waals surface area (Å²) in [7, 11) is 0. The van der Waals surface area contributed by atoms with E-state index in [0.29, 0.717) is 0 Å². The Morgan fingerprint density at radius 3 is 1.10 bits per heavy atom. The molecule has 0 aromatic heterocycles. The molecule has 8 N–H and O–H groups in total. The van der Waals surface area contributed by atoms with Gasteiger partial charge in [-0.2, -0.15) is 0 Å². The molecule has 0 aromatic rings. The Morgan fingerprint density at radius 1 is 0.714 bits per heavy atom. The van der Waals surface area contributed by atoms with Crippen molar-refractivity contribution in [2.75, 3.05) is 0 Å². The van der Waals surface area contributed by atoms with E-state index in [1.807, 2.05) is 0 Å². The molecule has 21 heavy (non-hydrogen) atoms. The van der Waals surface area contributed by atoms with Gasteiger partial charge in [0, 0.05) is 33.3 Å². The number of rotatable bonds is 8. The van der Waals surface area contributed by atoms with Gasteiger partial charge in [-0.05, 0) is 12.8 Å². The van der Waals surface area contributed by atoms with Crippen LogP contribution in [0, 0.1) is 0 Å². The smallest absolute Gasteiger partial charge is 0.320 e. The van der Waals surface area contributed by atoms with Gasteiger partial charge in [-0.15, -0.1) is 0 Å². The molecule has 0 aromatic carbocycles. The third kappa shape index (κ3) is 18.5. The van der Waals surface area contributed by atoms with Gasteiger partial charge in [0.15, 0.2) is 0 Å². The Hall–Kier alpha value is -1.54. The monoisotopic (exact) mass is 400 g/mol. The van der Waals surface area contributed by atoms with Gasteiger partial charge in [-0.1, -0.05) is 0 Å².